The molecule has 0 fully saturated rings. The van der Waals surface area contributed by atoms with Crippen molar-refractivity contribution < 1.29 is 23.8 Å². The average Bonchev–Trinajstić information content (AvgIpc) is 2.24. The first-order valence-corrected chi connectivity index (χ1v) is 5.25. The Kier molecular flexibility index (Phi) is 7.71. The Bertz CT molecular complexity index is 306. The quantitative estimate of drug-likeness (QED) is 0.293. The van der Waals surface area contributed by atoms with Gasteiger partial charge in [0.15, 0.2) is 0 Å². The van der Waals surface area contributed by atoms with Gasteiger partial charge in [-0.05, 0) is 20.8 Å². The van der Waals surface area contributed by atoms with Crippen LogP contribution in [-0.2, 0) is 23.8 Å². The van der Waals surface area contributed by atoms with E-state index in [1.165, 1.54) is 6.08 Å². The van der Waals surface area contributed by atoms with Crippen LogP contribution in [0.15, 0.2) is 24.3 Å². The molecule has 0 aliphatic rings. The van der Waals surface area contributed by atoms with Crippen LogP contribution in [0.5, 0.6) is 0 Å². The van der Waals surface area contributed by atoms with E-state index >= 15 is 0 Å². The van der Waals surface area contributed by atoms with Gasteiger partial charge in [-0.3, -0.25) is 0 Å². The van der Waals surface area contributed by atoms with E-state index in [1.54, 1.807) is 26.8 Å². The molecule has 5 nitrogen and oxygen atoms in total. The van der Waals surface area contributed by atoms with Gasteiger partial charge in [0.2, 0.25) is 6.29 Å². The number of carbonyl (C=O) groups is 2. The fraction of sp³-hybridized carbons (Fsp3) is 0.500. The number of hydrogen-bond donors (Lipinski definition) is 0. The maximum absolute atomic E-state index is 11.0. The van der Waals surface area contributed by atoms with Crippen molar-refractivity contribution >= 4 is 11.9 Å². The van der Waals surface area contributed by atoms with Gasteiger partial charge >= 0.3 is 11.9 Å². The molecule has 0 N–H and O–H groups in total. The predicted octanol–water partition coefficient (Wildman–Crippen LogP) is 1.59. The van der Waals surface area contributed by atoms with E-state index in [9.17, 15) is 9.59 Å². The van der Waals surface area contributed by atoms with E-state index in [2.05, 4.69) is 6.58 Å². The number of ether oxygens (including phenoxy) is 3. The van der Waals surface area contributed by atoms with Gasteiger partial charge in [0, 0.05) is 11.6 Å². The summed E-state index contributed by atoms with van der Waals surface area (Å²) in [4.78, 5) is 22.0. The SMILES string of the molecule is C=C(C)C(=O)OCCOC(C)OC(=O)/C=C/C. The Morgan fingerprint density at radius 1 is 1.35 bits per heavy atom. The van der Waals surface area contributed by atoms with Gasteiger partial charge in [-0.25, -0.2) is 9.59 Å². The van der Waals surface area contributed by atoms with Crippen LogP contribution in [0.25, 0.3) is 0 Å². The molecule has 0 amide bonds. The molecular weight excluding hydrogens is 224 g/mol. The fourth-order valence-electron chi connectivity index (χ4n) is 0.845. The molecule has 0 radical (unpaired) electrons. The van der Waals surface area contributed by atoms with Crippen molar-refractivity contribution in [3.8, 4) is 0 Å². The first-order valence-electron chi connectivity index (χ1n) is 5.25. The summed E-state index contributed by atoms with van der Waals surface area (Å²) in [7, 11) is 0. The summed E-state index contributed by atoms with van der Waals surface area (Å²) in [5, 5.41) is 0. The standard InChI is InChI=1S/C12H18O5/c1-5-6-11(13)17-10(4)15-7-8-16-12(14)9(2)3/h5-6,10H,2,7-8H2,1,3-4H3/b6-5+. The molecule has 0 heterocycles. The van der Waals surface area contributed by atoms with Crippen LogP contribution in [0.4, 0.5) is 0 Å². The maximum atomic E-state index is 11.0. The molecule has 0 bridgehead atoms. The van der Waals surface area contributed by atoms with Crippen LogP contribution in [0.2, 0.25) is 0 Å². The van der Waals surface area contributed by atoms with E-state index < -0.39 is 18.2 Å². The molecule has 1 atom stereocenters. The summed E-state index contributed by atoms with van der Waals surface area (Å²) >= 11 is 0. The lowest BCUT2D eigenvalue weighted by atomic mass is 10.4. The second-order valence-electron chi connectivity index (χ2n) is 3.29. The van der Waals surface area contributed by atoms with Gasteiger partial charge in [0.1, 0.15) is 6.61 Å². The lowest BCUT2D eigenvalue weighted by Gasteiger charge is -2.12. The summed E-state index contributed by atoms with van der Waals surface area (Å²) in [6.07, 6.45) is 2.19. The monoisotopic (exact) mass is 242 g/mol. The summed E-state index contributed by atoms with van der Waals surface area (Å²) in [6, 6.07) is 0. The molecule has 0 rings (SSSR count). The molecule has 0 saturated carbocycles. The summed E-state index contributed by atoms with van der Waals surface area (Å²) < 4.78 is 14.7. The molecule has 0 saturated heterocycles. The molecule has 0 aromatic carbocycles. The molecule has 0 aromatic heterocycles. The zero-order valence-electron chi connectivity index (χ0n) is 10.4. The highest BCUT2D eigenvalue weighted by molar-refractivity contribution is 5.86. The number of esters is 2. The Balaban J connectivity index is 3.65. The van der Waals surface area contributed by atoms with Crippen LogP contribution in [0, 0.1) is 0 Å². The normalized spacial score (nSPS) is 12.2. The summed E-state index contributed by atoms with van der Waals surface area (Å²) in [5.41, 5.74) is 0.331. The van der Waals surface area contributed by atoms with Crippen LogP contribution >= 0.6 is 0 Å². The Labute approximate surface area is 101 Å². The number of rotatable bonds is 7. The zero-order chi connectivity index (χ0) is 13.3. The predicted molar refractivity (Wildman–Crippen MR) is 62.1 cm³/mol. The Morgan fingerprint density at radius 3 is 2.53 bits per heavy atom. The third-order valence-corrected chi connectivity index (χ3v) is 1.60. The zero-order valence-corrected chi connectivity index (χ0v) is 10.4. The second kappa shape index (κ2) is 8.52. The third-order valence-electron chi connectivity index (χ3n) is 1.60. The number of allylic oxidation sites excluding steroid dienone is 1. The topological polar surface area (TPSA) is 61.8 Å². The number of hydrogen-bond acceptors (Lipinski definition) is 5. The molecule has 0 aromatic rings. The lowest BCUT2D eigenvalue weighted by Crippen LogP contribution is -2.20. The van der Waals surface area contributed by atoms with Crippen LogP contribution in [0.3, 0.4) is 0 Å². The Hall–Kier alpha value is -1.62. The highest BCUT2D eigenvalue weighted by atomic mass is 16.7. The van der Waals surface area contributed by atoms with Gasteiger partial charge in [-0.15, -0.1) is 0 Å². The molecular formula is C12H18O5. The number of carbonyl (C=O) groups excluding carboxylic acids is 2. The minimum absolute atomic E-state index is 0.0944. The van der Waals surface area contributed by atoms with Crippen molar-refractivity contribution in [1.29, 1.82) is 0 Å². The van der Waals surface area contributed by atoms with Crippen molar-refractivity contribution in [2.24, 2.45) is 0 Å². The van der Waals surface area contributed by atoms with Gasteiger partial charge in [0.05, 0.1) is 6.61 Å². The molecule has 0 aliphatic heterocycles. The smallest absolute Gasteiger partial charge is 0.333 e. The molecule has 17 heavy (non-hydrogen) atoms. The molecule has 1 unspecified atom stereocenters. The van der Waals surface area contributed by atoms with Crippen molar-refractivity contribution in [1.82, 2.24) is 0 Å². The van der Waals surface area contributed by atoms with Crippen molar-refractivity contribution in [3.05, 3.63) is 24.3 Å². The van der Waals surface area contributed by atoms with E-state index in [-0.39, 0.29) is 13.2 Å². The van der Waals surface area contributed by atoms with E-state index in [0.29, 0.717) is 5.57 Å². The minimum Gasteiger partial charge on any atom is -0.460 e. The van der Waals surface area contributed by atoms with Crippen LogP contribution in [-0.4, -0.2) is 31.4 Å². The van der Waals surface area contributed by atoms with Crippen LogP contribution in [0.1, 0.15) is 20.8 Å². The van der Waals surface area contributed by atoms with Crippen molar-refractivity contribution in [2.45, 2.75) is 27.1 Å². The first-order chi connectivity index (χ1) is 7.97. The van der Waals surface area contributed by atoms with E-state index in [4.69, 9.17) is 14.2 Å². The van der Waals surface area contributed by atoms with E-state index in [0.717, 1.165) is 0 Å². The van der Waals surface area contributed by atoms with Gasteiger partial charge in [-0.1, -0.05) is 12.7 Å². The summed E-state index contributed by atoms with van der Waals surface area (Å²) in [5.74, 6) is -0.939. The molecule has 96 valence electrons. The largest absolute Gasteiger partial charge is 0.460 e. The lowest BCUT2D eigenvalue weighted by molar-refractivity contribution is -0.173. The maximum Gasteiger partial charge on any atom is 0.333 e. The minimum atomic E-state index is -0.678. The first kappa shape index (κ1) is 15.4. The van der Waals surface area contributed by atoms with Gasteiger partial charge in [0.25, 0.3) is 0 Å². The van der Waals surface area contributed by atoms with Gasteiger partial charge in [-0.2, -0.15) is 0 Å². The highest BCUT2D eigenvalue weighted by Crippen LogP contribution is 1.97. The highest BCUT2D eigenvalue weighted by Gasteiger charge is 2.07. The van der Waals surface area contributed by atoms with Crippen molar-refractivity contribution in [3.63, 3.8) is 0 Å². The third kappa shape index (κ3) is 8.21. The van der Waals surface area contributed by atoms with Crippen LogP contribution < -0.4 is 0 Å². The molecule has 0 aliphatic carbocycles. The van der Waals surface area contributed by atoms with Crippen molar-refractivity contribution in [2.75, 3.05) is 13.2 Å². The van der Waals surface area contributed by atoms with Gasteiger partial charge < -0.3 is 14.2 Å². The van der Waals surface area contributed by atoms with E-state index in [1.807, 2.05) is 0 Å². The molecule has 5 heteroatoms. The fourth-order valence-corrected chi connectivity index (χ4v) is 0.845. The second-order valence-corrected chi connectivity index (χ2v) is 3.29. The summed E-state index contributed by atoms with van der Waals surface area (Å²) in [6.45, 7) is 8.54. The molecule has 0 spiro atoms. The average molecular weight is 242 g/mol. The Morgan fingerprint density at radius 2 is 2.00 bits per heavy atom.